The van der Waals surface area contributed by atoms with Gasteiger partial charge in [0, 0.05) is 24.7 Å². The Labute approximate surface area is 114 Å². The van der Waals surface area contributed by atoms with Crippen molar-refractivity contribution in [3.8, 4) is 6.07 Å². The van der Waals surface area contributed by atoms with E-state index in [1.807, 2.05) is 31.2 Å². The SMILES string of the molecule is Cc1cccc(C(=O)NC2CCN(CC#N)CC2)c1. The number of hydrogen-bond acceptors (Lipinski definition) is 3. The van der Waals surface area contributed by atoms with E-state index in [2.05, 4.69) is 16.3 Å². The van der Waals surface area contributed by atoms with Gasteiger partial charge >= 0.3 is 0 Å². The molecule has 0 aromatic heterocycles. The van der Waals surface area contributed by atoms with E-state index in [4.69, 9.17) is 5.26 Å². The van der Waals surface area contributed by atoms with Crippen LogP contribution in [0.5, 0.6) is 0 Å². The van der Waals surface area contributed by atoms with Gasteiger partial charge in [-0.3, -0.25) is 9.69 Å². The summed E-state index contributed by atoms with van der Waals surface area (Å²) in [7, 11) is 0. The fourth-order valence-electron chi connectivity index (χ4n) is 2.39. The molecule has 1 saturated heterocycles. The molecular formula is C15H19N3O. The third-order valence-corrected chi connectivity index (χ3v) is 3.50. The second kappa shape index (κ2) is 6.35. The average Bonchev–Trinajstić information content (AvgIpc) is 2.41. The van der Waals surface area contributed by atoms with Crippen LogP contribution in [0.2, 0.25) is 0 Å². The van der Waals surface area contributed by atoms with Crippen LogP contribution in [-0.4, -0.2) is 36.5 Å². The number of piperidine rings is 1. The van der Waals surface area contributed by atoms with Crippen molar-refractivity contribution < 1.29 is 4.79 Å². The predicted molar refractivity (Wildman–Crippen MR) is 73.7 cm³/mol. The summed E-state index contributed by atoms with van der Waals surface area (Å²) < 4.78 is 0. The summed E-state index contributed by atoms with van der Waals surface area (Å²) in [5.74, 6) is 0.00225. The predicted octanol–water partition coefficient (Wildman–Crippen LogP) is 1.71. The lowest BCUT2D eigenvalue weighted by atomic mass is 10.0. The van der Waals surface area contributed by atoms with E-state index in [-0.39, 0.29) is 11.9 Å². The Kier molecular flexibility index (Phi) is 4.53. The molecule has 0 saturated carbocycles. The van der Waals surface area contributed by atoms with Gasteiger partial charge in [0.2, 0.25) is 0 Å². The molecule has 2 rings (SSSR count). The molecule has 0 spiro atoms. The van der Waals surface area contributed by atoms with Gasteiger partial charge in [-0.1, -0.05) is 17.7 Å². The molecule has 1 amide bonds. The van der Waals surface area contributed by atoms with E-state index in [9.17, 15) is 4.79 Å². The summed E-state index contributed by atoms with van der Waals surface area (Å²) in [4.78, 5) is 14.2. The molecular weight excluding hydrogens is 238 g/mol. The molecule has 1 N–H and O–H groups in total. The topological polar surface area (TPSA) is 56.1 Å². The number of aryl methyl sites for hydroxylation is 1. The Morgan fingerprint density at radius 1 is 1.47 bits per heavy atom. The number of hydrogen-bond donors (Lipinski definition) is 1. The number of carbonyl (C=O) groups is 1. The Morgan fingerprint density at radius 2 is 2.21 bits per heavy atom. The molecule has 100 valence electrons. The number of amides is 1. The molecule has 1 aliphatic rings. The van der Waals surface area contributed by atoms with E-state index < -0.39 is 0 Å². The van der Waals surface area contributed by atoms with Gasteiger partial charge in [-0.15, -0.1) is 0 Å². The number of nitrogens with one attached hydrogen (secondary N) is 1. The molecule has 1 fully saturated rings. The maximum absolute atomic E-state index is 12.1. The third-order valence-electron chi connectivity index (χ3n) is 3.50. The van der Waals surface area contributed by atoms with Crippen molar-refractivity contribution in [3.05, 3.63) is 35.4 Å². The number of nitrogens with zero attached hydrogens (tertiary/aromatic N) is 2. The van der Waals surface area contributed by atoms with Gasteiger partial charge < -0.3 is 5.32 Å². The van der Waals surface area contributed by atoms with Crippen LogP contribution in [-0.2, 0) is 0 Å². The summed E-state index contributed by atoms with van der Waals surface area (Å²) >= 11 is 0. The highest BCUT2D eigenvalue weighted by molar-refractivity contribution is 5.94. The van der Waals surface area contributed by atoms with Crippen molar-refractivity contribution >= 4 is 5.91 Å². The monoisotopic (exact) mass is 257 g/mol. The molecule has 4 heteroatoms. The van der Waals surface area contributed by atoms with Crippen LogP contribution in [0.25, 0.3) is 0 Å². The minimum atomic E-state index is 0.00225. The summed E-state index contributed by atoms with van der Waals surface area (Å²) in [6, 6.07) is 10.0. The van der Waals surface area contributed by atoms with Crippen LogP contribution in [0.15, 0.2) is 24.3 Å². The van der Waals surface area contributed by atoms with Crippen molar-refractivity contribution in [1.82, 2.24) is 10.2 Å². The number of nitriles is 1. The standard InChI is InChI=1S/C15H19N3O/c1-12-3-2-4-13(11-12)15(19)17-14-5-8-18(9-6-14)10-7-16/h2-4,11,14H,5-6,8-10H2,1H3,(H,17,19). The zero-order valence-electron chi connectivity index (χ0n) is 11.2. The largest absolute Gasteiger partial charge is 0.349 e. The van der Waals surface area contributed by atoms with Gasteiger partial charge in [0.05, 0.1) is 12.6 Å². The molecule has 1 aliphatic heterocycles. The number of likely N-dealkylation sites (tertiary alicyclic amines) is 1. The molecule has 0 aliphatic carbocycles. The van der Waals surface area contributed by atoms with Gasteiger partial charge in [0.1, 0.15) is 0 Å². The fraction of sp³-hybridized carbons (Fsp3) is 0.467. The minimum Gasteiger partial charge on any atom is -0.349 e. The van der Waals surface area contributed by atoms with Crippen LogP contribution in [0.3, 0.4) is 0 Å². The van der Waals surface area contributed by atoms with E-state index in [0.717, 1.165) is 37.1 Å². The minimum absolute atomic E-state index is 0.00225. The van der Waals surface area contributed by atoms with E-state index >= 15 is 0 Å². The normalized spacial score (nSPS) is 16.8. The van der Waals surface area contributed by atoms with Crippen LogP contribution >= 0.6 is 0 Å². The Morgan fingerprint density at radius 3 is 2.84 bits per heavy atom. The lowest BCUT2D eigenvalue weighted by molar-refractivity contribution is 0.0914. The first kappa shape index (κ1) is 13.6. The summed E-state index contributed by atoms with van der Waals surface area (Å²) in [5.41, 5.74) is 1.82. The van der Waals surface area contributed by atoms with E-state index in [0.29, 0.717) is 6.54 Å². The second-order valence-corrected chi connectivity index (χ2v) is 5.05. The molecule has 19 heavy (non-hydrogen) atoms. The lowest BCUT2D eigenvalue weighted by Crippen LogP contribution is -2.44. The average molecular weight is 257 g/mol. The first-order valence-electron chi connectivity index (χ1n) is 6.66. The van der Waals surface area contributed by atoms with Crippen LogP contribution in [0.4, 0.5) is 0 Å². The molecule has 1 heterocycles. The highest BCUT2D eigenvalue weighted by Crippen LogP contribution is 2.11. The maximum atomic E-state index is 12.1. The molecule has 0 atom stereocenters. The van der Waals surface area contributed by atoms with Gasteiger partial charge in [-0.25, -0.2) is 0 Å². The van der Waals surface area contributed by atoms with Gasteiger partial charge in [0.15, 0.2) is 0 Å². The first-order chi connectivity index (χ1) is 9.19. The smallest absolute Gasteiger partial charge is 0.251 e. The van der Waals surface area contributed by atoms with Crippen molar-refractivity contribution in [2.45, 2.75) is 25.8 Å². The molecule has 0 unspecified atom stereocenters. The molecule has 4 nitrogen and oxygen atoms in total. The highest BCUT2D eigenvalue weighted by Gasteiger charge is 2.20. The second-order valence-electron chi connectivity index (χ2n) is 5.05. The van der Waals surface area contributed by atoms with E-state index in [1.54, 1.807) is 0 Å². The summed E-state index contributed by atoms with van der Waals surface area (Å²) in [5, 5.41) is 11.7. The van der Waals surface area contributed by atoms with Crippen molar-refractivity contribution in [1.29, 1.82) is 5.26 Å². The molecule has 1 aromatic carbocycles. The van der Waals surface area contributed by atoms with E-state index in [1.165, 1.54) is 0 Å². The van der Waals surface area contributed by atoms with Gasteiger partial charge in [-0.05, 0) is 31.9 Å². The number of benzene rings is 1. The number of carbonyl (C=O) groups excluding carboxylic acids is 1. The van der Waals surface area contributed by atoms with Crippen molar-refractivity contribution in [2.24, 2.45) is 0 Å². The Hall–Kier alpha value is -1.86. The molecule has 0 radical (unpaired) electrons. The summed E-state index contributed by atoms with van der Waals surface area (Å²) in [6.45, 7) is 4.23. The maximum Gasteiger partial charge on any atom is 0.251 e. The summed E-state index contributed by atoms with van der Waals surface area (Å²) in [6.07, 6.45) is 1.83. The highest BCUT2D eigenvalue weighted by atomic mass is 16.1. The molecule has 0 bridgehead atoms. The lowest BCUT2D eigenvalue weighted by Gasteiger charge is -2.30. The fourth-order valence-corrected chi connectivity index (χ4v) is 2.39. The van der Waals surface area contributed by atoms with Gasteiger partial charge in [-0.2, -0.15) is 5.26 Å². The third kappa shape index (κ3) is 3.80. The zero-order chi connectivity index (χ0) is 13.7. The van der Waals surface area contributed by atoms with Crippen LogP contribution in [0, 0.1) is 18.3 Å². The van der Waals surface area contributed by atoms with Crippen molar-refractivity contribution in [3.63, 3.8) is 0 Å². The first-order valence-corrected chi connectivity index (χ1v) is 6.66. The Bertz CT molecular complexity index is 484. The quantitative estimate of drug-likeness (QED) is 0.839. The van der Waals surface area contributed by atoms with Crippen molar-refractivity contribution in [2.75, 3.05) is 19.6 Å². The Balaban J connectivity index is 1.86. The number of rotatable bonds is 3. The zero-order valence-corrected chi connectivity index (χ0v) is 11.2. The van der Waals surface area contributed by atoms with Gasteiger partial charge in [0.25, 0.3) is 5.91 Å². The van der Waals surface area contributed by atoms with Crippen LogP contribution in [0.1, 0.15) is 28.8 Å². The molecule has 1 aromatic rings. The van der Waals surface area contributed by atoms with Crippen LogP contribution < -0.4 is 5.32 Å².